The van der Waals surface area contributed by atoms with Crippen molar-refractivity contribution < 1.29 is 4.74 Å². The van der Waals surface area contributed by atoms with Crippen LogP contribution in [0.15, 0.2) is 0 Å². The van der Waals surface area contributed by atoms with Crippen LogP contribution in [0, 0.1) is 13.8 Å². The van der Waals surface area contributed by atoms with Crippen molar-refractivity contribution in [3.05, 3.63) is 17.0 Å². The van der Waals surface area contributed by atoms with E-state index >= 15 is 0 Å². The van der Waals surface area contributed by atoms with E-state index in [0.717, 1.165) is 18.8 Å². The standard InChI is InChI=1S/C15H29N3O/c1-11(2)19-9-8-18-13(4)14(12(3)17-18)10-16-15(5,6)7/h11,16H,8-10H2,1-7H3. The van der Waals surface area contributed by atoms with Crippen molar-refractivity contribution in [3.8, 4) is 0 Å². The van der Waals surface area contributed by atoms with Crippen LogP contribution >= 0.6 is 0 Å². The molecule has 0 fully saturated rings. The van der Waals surface area contributed by atoms with Crippen LogP contribution in [0.1, 0.15) is 51.6 Å². The number of aryl methyl sites for hydroxylation is 1. The van der Waals surface area contributed by atoms with Crippen LogP contribution in [0.4, 0.5) is 0 Å². The third-order valence-electron chi connectivity index (χ3n) is 3.08. The molecule has 4 nitrogen and oxygen atoms in total. The van der Waals surface area contributed by atoms with Gasteiger partial charge in [-0.15, -0.1) is 0 Å². The van der Waals surface area contributed by atoms with Gasteiger partial charge in [-0.3, -0.25) is 4.68 Å². The molecule has 0 bridgehead atoms. The molecule has 1 aromatic rings. The molecule has 0 atom stereocenters. The van der Waals surface area contributed by atoms with Gasteiger partial charge in [0.05, 0.1) is 24.9 Å². The van der Waals surface area contributed by atoms with Crippen molar-refractivity contribution in [1.82, 2.24) is 15.1 Å². The highest BCUT2D eigenvalue weighted by Gasteiger charge is 2.14. The molecule has 0 radical (unpaired) electrons. The Kier molecular flexibility index (Phi) is 5.56. The highest BCUT2D eigenvalue weighted by Crippen LogP contribution is 2.14. The van der Waals surface area contributed by atoms with Gasteiger partial charge in [0.25, 0.3) is 0 Å². The smallest absolute Gasteiger partial charge is 0.0666 e. The van der Waals surface area contributed by atoms with Crippen molar-refractivity contribution in [2.45, 2.75) is 73.2 Å². The first-order chi connectivity index (χ1) is 8.70. The van der Waals surface area contributed by atoms with Crippen LogP contribution in [-0.4, -0.2) is 28.0 Å². The van der Waals surface area contributed by atoms with Gasteiger partial charge in [0.15, 0.2) is 0 Å². The molecular formula is C15H29N3O. The quantitative estimate of drug-likeness (QED) is 0.861. The largest absolute Gasteiger partial charge is 0.377 e. The minimum absolute atomic E-state index is 0.127. The van der Waals surface area contributed by atoms with Crippen LogP contribution in [0.2, 0.25) is 0 Å². The molecule has 0 aliphatic carbocycles. The first-order valence-corrected chi connectivity index (χ1v) is 7.10. The second kappa shape index (κ2) is 6.53. The Bertz CT molecular complexity index is 402. The zero-order valence-electron chi connectivity index (χ0n) is 13.5. The maximum Gasteiger partial charge on any atom is 0.0666 e. The number of nitrogens with zero attached hydrogens (tertiary/aromatic N) is 2. The molecule has 0 amide bonds. The number of nitrogens with one attached hydrogen (secondary N) is 1. The second-order valence-electron chi connectivity index (χ2n) is 6.40. The Morgan fingerprint density at radius 2 is 1.89 bits per heavy atom. The average molecular weight is 267 g/mol. The molecule has 4 heteroatoms. The van der Waals surface area contributed by atoms with Crippen LogP contribution < -0.4 is 5.32 Å². The van der Waals surface area contributed by atoms with E-state index in [1.165, 1.54) is 11.3 Å². The summed E-state index contributed by atoms with van der Waals surface area (Å²) < 4.78 is 7.64. The SMILES string of the molecule is Cc1nn(CCOC(C)C)c(C)c1CNC(C)(C)C. The van der Waals surface area contributed by atoms with Gasteiger partial charge in [-0.25, -0.2) is 0 Å². The second-order valence-corrected chi connectivity index (χ2v) is 6.40. The van der Waals surface area contributed by atoms with Crippen LogP contribution in [0.25, 0.3) is 0 Å². The summed E-state index contributed by atoms with van der Waals surface area (Å²) in [5, 5.41) is 8.13. The molecule has 1 rings (SSSR count). The van der Waals surface area contributed by atoms with Gasteiger partial charge in [0.1, 0.15) is 0 Å². The van der Waals surface area contributed by atoms with E-state index in [1.807, 2.05) is 0 Å². The fraction of sp³-hybridized carbons (Fsp3) is 0.800. The highest BCUT2D eigenvalue weighted by molar-refractivity contribution is 5.24. The number of hydrogen-bond donors (Lipinski definition) is 1. The van der Waals surface area contributed by atoms with E-state index in [0.29, 0.717) is 6.61 Å². The van der Waals surface area contributed by atoms with Crippen molar-refractivity contribution in [2.24, 2.45) is 0 Å². The Morgan fingerprint density at radius 1 is 1.26 bits per heavy atom. The molecule has 0 spiro atoms. The Balaban J connectivity index is 2.66. The average Bonchev–Trinajstić information content (AvgIpc) is 2.50. The van der Waals surface area contributed by atoms with E-state index < -0.39 is 0 Å². The topological polar surface area (TPSA) is 39.1 Å². The zero-order chi connectivity index (χ0) is 14.6. The van der Waals surface area contributed by atoms with Crippen molar-refractivity contribution in [3.63, 3.8) is 0 Å². The minimum Gasteiger partial charge on any atom is -0.377 e. The summed E-state index contributed by atoms with van der Waals surface area (Å²) in [6.45, 7) is 17.3. The molecule has 0 aliphatic heterocycles. The summed E-state index contributed by atoms with van der Waals surface area (Å²) in [5.74, 6) is 0. The molecule has 0 saturated heterocycles. The van der Waals surface area contributed by atoms with Gasteiger partial charge in [0, 0.05) is 23.3 Å². The van der Waals surface area contributed by atoms with Crippen LogP contribution in [-0.2, 0) is 17.8 Å². The summed E-state index contributed by atoms with van der Waals surface area (Å²) in [7, 11) is 0. The molecular weight excluding hydrogens is 238 g/mol. The number of rotatable bonds is 6. The first kappa shape index (κ1) is 16.2. The molecule has 0 aliphatic rings. The summed E-state index contributed by atoms with van der Waals surface area (Å²) >= 11 is 0. The van der Waals surface area contributed by atoms with Gasteiger partial charge < -0.3 is 10.1 Å². The monoisotopic (exact) mass is 267 g/mol. The fourth-order valence-electron chi connectivity index (χ4n) is 1.94. The van der Waals surface area contributed by atoms with Crippen molar-refractivity contribution in [1.29, 1.82) is 0 Å². The maximum atomic E-state index is 5.59. The van der Waals surface area contributed by atoms with Crippen molar-refractivity contribution >= 4 is 0 Å². The minimum atomic E-state index is 0.127. The van der Waals surface area contributed by atoms with Gasteiger partial charge in [-0.05, 0) is 48.5 Å². The maximum absolute atomic E-state index is 5.59. The van der Waals surface area contributed by atoms with E-state index in [4.69, 9.17) is 4.74 Å². The first-order valence-electron chi connectivity index (χ1n) is 7.10. The molecule has 0 saturated carbocycles. The molecule has 0 aromatic carbocycles. The summed E-state index contributed by atoms with van der Waals surface area (Å²) in [5.41, 5.74) is 3.78. The van der Waals surface area contributed by atoms with E-state index in [9.17, 15) is 0 Å². The Morgan fingerprint density at radius 3 is 2.42 bits per heavy atom. The summed E-state index contributed by atoms with van der Waals surface area (Å²) in [4.78, 5) is 0. The number of aromatic nitrogens is 2. The molecule has 110 valence electrons. The van der Waals surface area contributed by atoms with Gasteiger partial charge in [0.2, 0.25) is 0 Å². The zero-order valence-corrected chi connectivity index (χ0v) is 13.5. The van der Waals surface area contributed by atoms with Crippen LogP contribution in [0.5, 0.6) is 0 Å². The molecule has 1 heterocycles. The van der Waals surface area contributed by atoms with E-state index in [-0.39, 0.29) is 11.6 Å². The normalized spacial score (nSPS) is 12.4. The van der Waals surface area contributed by atoms with Crippen molar-refractivity contribution in [2.75, 3.05) is 6.61 Å². The van der Waals surface area contributed by atoms with Crippen LogP contribution in [0.3, 0.4) is 0 Å². The Labute approximate surface area is 117 Å². The van der Waals surface area contributed by atoms with E-state index in [2.05, 4.69) is 63.6 Å². The lowest BCUT2D eigenvalue weighted by Crippen LogP contribution is -2.35. The third-order valence-corrected chi connectivity index (χ3v) is 3.08. The predicted molar refractivity (Wildman–Crippen MR) is 79.4 cm³/mol. The molecule has 1 N–H and O–H groups in total. The fourth-order valence-corrected chi connectivity index (χ4v) is 1.94. The van der Waals surface area contributed by atoms with Gasteiger partial charge in [-0.1, -0.05) is 0 Å². The van der Waals surface area contributed by atoms with Gasteiger partial charge >= 0.3 is 0 Å². The lowest BCUT2D eigenvalue weighted by atomic mass is 10.1. The molecule has 19 heavy (non-hydrogen) atoms. The van der Waals surface area contributed by atoms with Gasteiger partial charge in [-0.2, -0.15) is 5.10 Å². The molecule has 0 unspecified atom stereocenters. The molecule has 1 aromatic heterocycles. The Hall–Kier alpha value is -0.870. The number of ether oxygens (including phenoxy) is 1. The third kappa shape index (κ3) is 5.33. The predicted octanol–water partition coefficient (Wildman–Crippen LogP) is 2.81. The lowest BCUT2D eigenvalue weighted by molar-refractivity contribution is 0.0706. The summed E-state index contributed by atoms with van der Waals surface area (Å²) in [6, 6.07) is 0. The van der Waals surface area contributed by atoms with E-state index in [1.54, 1.807) is 0 Å². The summed E-state index contributed by atoms with van der Waals surface area (Å²) in [6.07, 6.45) is 0.277. The lowest BCUT2D eigenvalue weighted by Gasteiger charge is -2.20. The number of hydrogen-bond acceptors (Lipinski definition) is 3. The highest BCUT2D eigenvalue weighted by atomic mass is 16.5.